The SMILES string of the molecule is CCC[CH2][Sn]([CH2]CCC)([CH2]CCC)[C@@H]1O[C@H](c2ccccc2)[C@H](C)N1C(=O)OC(C)(C)C. The summed E-state index contributed by atoms with van der Waals surface area (Å²) in [6.07, 6.45) is 7.06. The van der Waals surface area contributed by atoms with Crippen LogP contribution >= 0.6 is 0 Å². The number of hydrogen-bond acceptors (Lipinski definition) is 3. The molecule has 0 radical (unpaired) electrons. The Hall–Kier alpha value is -0.751. The van der Waals surface area contributed by atoms with Gasteiger partial charge in [-0.2, -0.15) is 0 Å². The first-order valence-corrected chi connectivity index (χ1v) is 20.6. The van der Waals surface area contributed by atoms with Gasteiger partial charge in [-0.3, -0.25) is 0 Å². The molecule has 0 saturated carbocycles. The molecule has 0 bridgehead atoms. The van der Waals surface area contributed by atoms with Gasteiger partial charge in [0.05, 0.1) is 0 Å². The van der Waals surface area contributed by atoms with Gasteiger partial charge in [0.2, 0.25) is 0 Å². The molecule has 2 rings (SSSR count). The molecule has 182 valence electrons. The minimum absolute atomic E-state index is 0.0294. The van der Waals surface area contributed by atoms with Gasteiger partial charge in [0.25, 0.3) is 0 Å². The Morgan fingerprint density at radius 2 is 1.47 bits per heavy atom. The topological polar surface area (TPSA) is 38.8 Å². The van der Waals surface area contributed by atoms with E-state index in [1.165, 1.54) is 51.8 Å². The van der Waals surface area contributed by atoms with E-state index in [9.17, 15) is 4.79 Å². The number of ether oxygens (including phenoxy) is 2. The molecule has 3 atom stereocenters. The number of unbranched alkanes of at least 4 members (excludes halogenated alkanes) is 3. The van der Waals surface area contributed by atoms with Gasteiger partial charge in [-0.15, -0.1) is 0 Å². The fourth-order valence-electron chi connectivity index (χ4n) is 5.03. The third-order valence-electron chi connectivity index (χ3n) is 6.75. The van der Waals surface area contributed by atoms with Gasteiger partial charge in [-0.05, 0) is 0 Å². The van der Waals surface area contributed by atoms with Crippen LogP contribution in [-0.2, 0) is 9.47 Å². The monoisotopic (exact) mass is 553 g/mol. The molecule has 1 saturated heterocycles. The Labute approximate surface area is 201 Å². The number of carbonyl (C=O) groups excluding carboxylic acids is 1. The second-order valence-electron chi connectivity index (χ2n) is 10.6. The third-order valence-corrected chi connectivity index (χ3v) is 22.5. The molecule has 0 spiro atoms. The molecule has 0 aliphatic carbocycles. The van der Waals surface area contributed by atoms with Crippen molar-refractivity contribution in [1.82, 2.24) is 4.90 Å². The zero-order valence-electron chi connectivity index (χ0n) is 21.7. The van der Waals surface area contributed by atoms with Gasteiger partial charge in [0.15, 0.2) is 0 Å². The van der Waals surface area contributed by atoms with E-state index in [1.807, 2.05) is 31.7 Å². The van der Waals surface area contributed by atoms with E-state index in [0.717, 1.165) is 5.56 Å². The summed E-state index contributed by atoms with van der Waals surface area (Å²) in [7, 11) is 0. The van der Waals surface area contributed by atoms with Crippen LogP contribution < -0.4 is 0 Å². The average Bonchev–Trinajstić information content (AvgIpc) is 3.11. The van der Waals surface area contributed by atoms with Crippen molar-refractivity contribution in [2.45, 2.75) is 122 Å². The predicted molar refractivity (Wildman–Crippen MR) is 136 cm³/mol. The van der Waals surface area contributed by atoms with E-state index in [-0.39, 0.29) is 22.5 Å². The third kappa shape index (κ3) is 7.12. The van der Waals surface area contributed by atoms with Crippen LogP contribution in [0.1, 0.15) is 98.7 Å². The maximum absolute atomic E-state index is 13.6. The first kappa shape index (κ1) is 27.5. The van der Waals surface area contributed by atoms with Crippen LogP contribution in [0.4, 0.5) is 4.79 Å². The first-order valence-electron chi connectivity index (χ1n) is 12.9. The van der Waals surface area contributed by atoms with Crippen LogP contribution in [0.5, 0.6) is 0 Å². The molecule has 5 heteroatoms. The van der Waals surface area contributed by atoms with Gasteiger partial charge < -0.3 is 0 Å². The van der Waals surface area contributed by atoms with Crippen LogP contribution in [-0.4, -0.2) is 45.3 Å². The summed E-state index contributed by atoms with van der Waals surface area (Å²) < 4.78 is 16.8. The van der Waals surface area contributed by atoms with E-state index in [2.05, 4.69) is 52.0 Å². The molecular formula is C27H47NO3Sn. The van der Waals surface area contributed by atoms with E-state index < -0.39 is 24.0 Å². The minimum atomic E-state index is -2.91. The second-order valence-corrected chi connectivity index (χ2v) is 24.1. The maximum atomic E-state index is 13.6. The summed E-state index contributed by atoms with van der Waals surface area (Å²) in [5, 5.41) is 0. The number of carbonyl (C=O) groups is 1. The number of benzene rings is 1. The van der Waals surface area contributed by atoms with Gasteiger partial charge in [0, 0.05) is 0 Å². The van der Waals surface area contributed by atoms with E-state index >= 15 is 0 Å². The predicted octanol–water partition coefficient (Wildman–Crippen LogP) is 8.10. The van der Waals surface area contributed by atoms with Crippen LogP contribution in [0.2, 0.25) is 13.3 Å². The first-order chi connectivity index (χ1) is 15.2. The number of hydrogen-bond donors (Lipinski definition) is 0. The zero-order chi connectivity index (χ0) is 23.8. The van der Waals surface area contributed by atoms with Crippen molar-refractivity contribution < 1.29 is 14.3 Å². The standard InChI is InChI=1S/C15H20NO3.3C4H9.Sn/c1-11-13(12-8-6-5-7-9-12)18-10-16(11)14(17)19-15(2,3)4;3*1-3-4-2;/h5-11,13H,1-4H3;3*1,3-4H2,2H3;/t11-,13-;;;;/m0..../s1. The number of amides is 1. The van der Waals surface area contributed by atoms with Gasteiger partial charge in [-0.1, -0.05) is 0 Å². The second kappa shape index (κ2) is 12.6. The Morgan fingerprint density at radius 3 is 1.91 bits per heavy atom. The molecule has 0 N–H and O–H groups in total. The van der Waals surface area contributed by atoms with Gasteiger partial charge in [-0.25, -0.2) is 0 Å². The summed E-state index contributed by atoms with van der Waals surface area (Å²) in [5.41, 5.74) is 0.651. The molecular weight excluding hydrogens is 505 g/mol. The van der Waals surface area contributed by atoms with Crippen molar-refractivity contribution in [3.63, 3.8) is 0 Å². The van der Waals surface area contributed by atoms with Crippen molar-refractivity contribution >= 4 is 24.5 Å². The molecule has 1 aromatic carbocycles. The fourth-order valence-corrected chi connectivity index (χ4v) is 22.2. The summed E-state index contributed by atoms with van der Waals surface area (Å²) in [4.78, 5) is 15.6. The van der Waals surface area contributed by atoms with Crippen molar-refractivity contribution in [3.8, 4) is 0 Å². The van der Waals surface area contributed by atoms with Gasteiger partial charge >= 0.3 is 202 Å². The van der Waals surface area contributed by atoms with Crippen LogP contribution in [0.15, 0.2) is 30.3 Å². The Bertz CT molecular complexity index is 666. The van der Waals surface area contributed by atoms with E-state index in [4.69, 9.17) is 9.47 Å². The Morgan fingerprint density at radius 1 is 0.969 bits per heavy atom. The Balaban J connectivity index is 2.51. The molecule has 32 heavy (non-hydrogen) atoms. The van der Waals surface area contributed by atoms with E-state index in [0.29, 0.717) is 0 Å². The summed E-state index contributed by atoms with van der Waals surface area (Å²) in [5.74, 6) is 0. The molecule has 1 heterocycles. The molecule has 1 aromatic rings. The number of nitrogens with zero attached hydrogens (tertiary/aromatic N) is 1. The fraction of sp³-hybridized carbons (Fsp3) is 0.741. The van der Waals surface area contributed by atoms with Crippen LogP contribution in [0.3, 0.4) is 0 Å². The number of rotatable bonds is 11. The molecule has 1 aliphatic heterocycles. The molecule has 0 aromatic heterocycles. The average molecular weight is 552 g/mol. The summed E-state index contributed by atoms with van der Waals surface area (Å²) >= 11 is -2.91. The summed E-state index contributed by atoms with van der Waals surface area (Å²) in [6.45, 7) is 14.9. The zero-order valence-corrected chi connectivity index (χ0v) is 24.5. The van der Waals surface area contributed by atoms with Crippen LogP contribution in [0.25, 0.3) is 0 Å². The molecule has 4 nitrogen and oxygen atoms in total. The van der Waals surface area contributed by atoms with Crippen LogP contribution in [0, 0.1) is 0 Å². The summed E-state index contributed by atoms with van der Waals surface area (Å²) in [6, 6.07) is 10.4. The van der Waals surface area contributed by atoms with Crippen molar-refractivity contribution in [1.29, 1.82) is 0 Å². The van der Waals surface area contributed by atoms with E-state index in [1.54, 1.807) is 0 Å². The molecule has 1 fully saturated rings. The van der Waals surface area contributed by atoms with Gasteiger partial charge in [0.1, 0.15) is 0 Å². The molecule has 1 aliphatic rings. The van der Waals surface area contributed by atoms with Crippen molar-refractivity contribution in [3.05, 3.63) is 35.9 Å². The Kier molecular flexibility index (Phi) is 10.9. The quantitative estimate of drug-likeness (QED) is 0.261. The molecule has 0 unspecified atom stereocenters. The molecule has 1 amide bonds. The van der Waals surface area contributed by atoms with Crippen molar-refractivity contribution in [2.24, 2.45) is 0 Å². The normalized spacial score (nSPS) is 21.7. The van der Waals surface area contributed by atoms with Crippen molar-refractivity contribution in [2.75, 3.05) is 0 Å².